The summed E-state index contributed by atoms with van der Waals surface area (Å²) in [4.78, 5) is 18.7. The maximum Gasteiger partial charge on any atom is 0.149 e. The van der Waals surface area contributed by atoms with Crippen molar-refractivity contribution in [2.24, 2.45) is 9.98 Å². The Morgan fingerprint density at radius 1 is 1.09 bits per heavy atom. The van der Waals surface area contributed by atoms with Crippen molar-refractivity contribution in [3.05, 3.63) is 47.3 Å². The topological polar surface area (TPSA) is 40.9 Å². The van der Waals surface area contributed by atoms with Gasteiger partial charge in [-0.1, -0.05) is 30.3 Å². The molecule has 2 aliphatic heterocycles. The Hall–Kier alpha value is -2.53. The fourth-order valence-corrected chi connectivity index (χ4v) is 4.31. The van der Waals surface area contributed by atoms with Crippen LogP contribution in [0.3, 0.4) is 0 Å². The molecule has 2 aliphatic rings. The minimum Gasteiger partial charge on any atom is -0.312 e. The normalized spacial score (nSPS) is 16.1. The van der Waals surface area contributed by atoms with Crippen molar-refractivity contribution in [3.63, 3.8) is 0 Å². The number of aromatic nitrogens is 1. The van der Waals surface area contributed by atoms with E-state index in [-0.39, 0.29) is 0 Å². The molecule has 0 atom stereocenters. The van der Waals surface area contributed by atoms with Gasteiger partial charge in [-0.05, 0) is 19.1 Å². The molecule has 1 aromatic carbocycles. The van der Waals surface area contributed by atoms with Gasteiger partial charge in [-0.3, -0.25) is 4.99 Å². The zero-order chi connectivity index (χ0) is 15.4. The van der Waals surface area contributed by atoms with Crippen molar-refractivity contribution in [2.75, 3.05) is 13.1 Å². The van der Waals surface area contributed by atoms with Gasteiger partial charge < -0.3 is 4.90 Å². The molecule has 0 spiro atoms. The van der Waals surface area contributed by atoms with E-state index in [4.69, 9.17) is 9.98 Å². The molecule has 112 valence electrons. The first-order valence-electron chi connectivity index (χ1n) is 7.68. The van der Waals surface area contributed by atoms with Gasteiger partial charge in [0.2, 0.25) is 0 Å². The van der Waals surface area contributed by atoms with Gasteiger partial charge in [0.1, 0.15) is 16.5 Å². The summed E-state index contributed by atoms with van der Waals surface area (Å²) in [7, 11) is 0. The van der Waals surface area contributed by atoms with Gasteiger partial charge in [0.05, 0.1) is 22.8 Å². The quantitative estimate of drug-likeness (QED) is 0.678. The fourth-order valence-electron chi connectivity index (χ4n) is 3.18. The molecule has 23 heavy (non-hydrogen) atoms. The molecule has 0 saturated heterocycles. The molecule has 0 saturated carbocycles. The predicted octanol–water partition coefficient (Wildman–Crippen LogP) is 4.09. The molecule has 3 aromatic rings. The van der Waals surface area contributed by atoms with Crippen molar-refractivity contribution in [1.82, 2.24) is 9.88 Å². The molecule has 4 heterocycles. The lowest BCUT2D eigenvalue weighted by Crippen LogP contribution is -2.34. The van der Waals surface area contributed by atoms with E-state index >= 15 is 0 Å². The van der Waals surface area contributed by atoms with E-state index < -0.39 is 0 Å². The number of hydrogen-bond acceptors (Lipinski definition) is 5. The summed E-state index contributed by atoms with van der Waals surface area (Å²) in [5, 5.41) is 1.12. The van der Waals surface area contributed by atoms with Gasteiger partial charge in [0.15, 0.2) is 0 Å². The molecule has 0 unspecified atom stereocenters. The average molecular weight is 318 g/mol. The number of amidine groups is 2. The molecule has 0 N–H and O–H groups in total. The van der Waals surface area contributed by atoms with Gasteiger partial charge in [-0.25, -0.2) is 9.98 Å². The van der Waals surface area contributed by atoms with E-state index in [1.54, 1.807) is 11.3 Å². The molecule has 5 heteroatoms. The lowest BCUT2D eigenvalue weighted by atomic mass is 10.1. The molecular weight excluding hydrogens is 304 g/mol. The van der Waals surface area contributed by atoms with E-state index in [0.717, 1.165) is 56.8 Å². The molecule has 4 nitrogen and oxygen atoms in total. The highest BCUT2D eigenvalue weighted by Crippen LogP contribution is 2.42. The Bertz CT molecular complexity index is 985. The fraction of sp³-hybridized carbons (Fsp3) is 0.167. The monoisotopic (exact) mass is 318 g/mol. The van der Waals surface area contributed by atoms with Gasteiger partial charge in [0.25, 0.3) is 0 Å². The standard InChI is InChI=1S/C18H14N4S/c1-11-20-15-13-7-8-14(12-5-3-2-4-6-12)21-18(13)23-16(15)17-19-9-10-22(11)17/h2-8H,9-10H2,1H3. The molecule has 0 fully saturated rings. The van der Waals surface area contributed by atoms with Crippen LogP contribution in [0.25, 0.3) is 21.5 Å². The molecule has 0 amide bonds. The molecule has 5 rings (SSSR count). The van der Waals surface area contributed by atoms with Crippen LogP contribution in [0.1, 0.15) is 11.8 Å². The van der Waals surface area contributed by atoms with Crippen LogP contribution < -0.4 is 0 Å². The number of fused-ring (bicyclic) bond motifs is 5. The SMILES string of the molecule is CC1=Nc2c(sc3nc(-c4ccccc4)ccc23)C2=NCCN12. The van der Waals surface area contributed by atoms with E-state index in [9.17, 15) is 0 Å². The van der Waals surface area contributed by atoms with Crippen LogP contribution in [-0.4, -0.2) is 34.6 Å². The summed E-state index contributed by atoms with van der Waals surface area (Å²) in [6.07, 6.45) is 0. The van der Waals surface area contributed by atoms with Crippen LogP contribution >= 0.6 is 11.3 Å². The lowest BCUT2D eigenvalue weighted by Gasteiger charge is -2.23. The summed E-state index contributed by atoms with van der Waals surface area (Å²) >= 11 is 1.70. The Balaban J connectivity index is 1.73. The number of nitrogens with zero attached hydrogens (tertiary/aromatic N) is 4. The summed E-state index contributed by atoms with van der Waals surface area (Å²) < 4.78 is 0. The average Bonchev–Trinajstić information content (AvgIpc) is 3.20. The first kappa shape index (κ1) is 13.0. The van der Waals surface area contributed by atoms with Gasteiger partial charge in [-0.2, -0.15) is 0 Å². The van der Waals surface area contributed by atoms with Crippen LogP contribution in [0.15, 0.2) is 52.4 Å². The summed E-state index contributed by atoms with van der Waals surface area (Å²) in [5.41, 5.74) is 3.18. The third-order valence-electron chi connectivity index (χ3n) is 4.31. The maximum atomic E-state index is 4.87. The van der Waals surface area contributed by atoms with Crippen LogP contribution in [-0.2, 0) is 0 Å². The highest BCUT2D eigenvalue weighted by Gasteiger charge is 2.30. The first-order valence-corrected chi connectivity index (χ1v) is 8.49. The lowest BCUT2D eigenvalue weighted by molar-refractivity contribution is 0.659. The largest absolute Gasteiger partial charge is 0.312 e. The minimum absolute atomic E-state index is 0.846. The molecule has 0 bridgehead atoms. The third kappa shape index (κ3) is 1.86. The predicted molar refractivity (Wildman–Crippen MR) is 95.9 cm³/mol. The zero-order valence-corrected chi connectivity index (χ0v) is 13.5. The first-order chi connectivity index (χ1) is 11.3. The molecule has 2 aromatic heterocycles. The zero-order valence-electron chi connectivity index (χ0n) is 12.7. The summed E-state index contributed by atoms with van der Waals surface area (Å²) in [5.74, 6) is 2.09. The van der Waals surface area contributed by atoms with Crippen LogP contribution in [0.5, 0.6) is 0 Å². The molecule has 0 radical (unpaired) electrons. The van der Waals surface area contributed by atoms with Crippen molar-refractivity contribution in [1.29, 1.82) is 0 Å². The Morgan fingerprint density at radius 3 is 2.83 bits per heavy atom. The Morgan fingerprint density at radius 2 is 1.96 bits per heavy atom. The van der Waals surface area contributed by atoms with Crippen LogP contribution in [0, 0.1) is 0 Å². The van der Waals surface area contributed by atoms with E-state index in [0.29, 0.717) is 0 Å². The van der Waals surface area contributed by atoms with Crippen molar-refractivity contribution in [2.45, 2.75) is 6.92 Å². The third-order valence-corrected chi connectivity index (χ3v) is 5.39. The Labute approximate surface area is 137 Å². The van der Waals surface area contributed by atoms with Crippen molar-refractivity contribution >= 4 is 38.9 Å². The summed E-state index contributed by atoms with van der Waals surface area (Å²) in [6.45, 7) is 3.83. The maximum absolute atomic E-state index is 4.87. The molecular formula is C18H14N4S. The van der Waals surface area contributed by atoms with Crippen molar-refractivity contribution in [3.8, 4) is 11.3 Å². The smallest absolute Gasteiger partial charge is 0.149 e. The highest BCUT2D eigenvalue weighted by atomic mass is 32.1. The summed E-state index contributed by atoms with van der Waals surface area (Å²) in [6, 6.07) is 14.5. The number of benzene rings is 1. The molecule has 0 aliphatic carbocycles. The second kappa shape index (κ2) is 4.73. The second-order valence-corrected chi connectivity index (χ2v) is 6.71. The van der Waals surface area contributed by atoms with E-state index in [2.05, 4.69) is 41.1 Å². The van der Waals surface area contributed by atoms with E-state index in [1.165, 1.54) is 0 Å². The van der Waals surface area contributed by atoms with Gasteiger partial charge in [0, 0.05) is 17.5 Å². The second-order valence-electron chi connectivity index (χ2n) is 5.71. The van der Waals surface area contributed by atoms with Crippen LogP contribution in [0.2, 0.25) is 0 Å². The van der Waals surface area contributed by atoms with Crippen molar-refractivity contribution < 1.29 is 0 Å². The number of aliphatic imine (C=N–C) groups is 2. The minimum atomic E-state index is 0.846. The van der Waals surface area contributed by atoms with Gasteiger partial charge >= 0.3 is 0 Å². The van der Waals surface area contributed by atoms with Gasteiger partial charge in [-0.15, -0.1) is 11.3 Å². The number of pyridine rings is 1. The Kier molecular flexibility index (Phi) is 2.67. The number of hydrogen-bond donors (Lipinski definition) is 0. The van der Waals surface area contributed by atoms with E-state index in [1.807, 2.05) is 18.2 Å². The number of rotatable bonds is 1. The number of thiophene rings is 1. The highest BCUT2D eigenvalue weighted by molar-refractivity contribution is 7.21. The van der Waals surface area contributed by atoms with Crippen LogP contribution in [0.4, 0.5) is 5.69 Å².